The summed E-state index contributed by atoms with van der Waals surface area (Å²) in [7, 11) is -3.15. The number of carbonyl (C=O) groups is 1. The molecule has 1 amide bonds. The van der Waals surface area contributed by atoms with Gasteiger partial charge in [-0.3, -0.25) is 4.79 Å². The minimum Gasteiger partial charge on any atom is -0.343 e. The second-order valence-electron chi connectivity index (χ2n) is 3.09. The van der Waals surface area contributed by atoms with Crippen molar-refractivity contribution in [3.8, 4) is 0 Å². The number of H-pyrrole nitrogens is 1. The Labute approximate surface area is 85.5 Å². The lowest BCUT2D eigenvalue weighted by molar-refractivity contribution is 0.0942. The molecule has 0 radical (unpaired) electrons. The standard InChI is InChI=1S/C7H8N4O3S/c12-7(6-3-8-11-10-6)9-5-1-2-15(13,14)4-5/h1-3,5H,4H2,(H,9,12)(H,8,10,11). The van der Waals surface area contributed by atoms with Gasteiger partial charge in [0.1, 0.15) is 0 Å². The normalized spacial score (nSPS) is 22.8. The van der Waals surface area contributed by atoms with Crippen LogP contribution in [0.3, 0.4) is 0 Å². The van der Waals surface area contributed by atoms with Gasteiger partial charge in [0.2, 0.25) is 0 Å². The van der Waals surface area contributed by atoms with Gasteiger partial charge < -0.3 is 5.32 Å². The van der Waals surface area contributed by atoms with Crippen LogP contribution in [0.4, 0.5) is 0 Å². The molecule has 15 heavy (non-hydrogen) atoms. The van der Waals surface area contributed by atoms with E-state index in [0.717, 1.165) is 5.41 Å². The molecule has 80 valence electrons. The second-order valence-corrected chi connectivity index (χ2v) is 5.02. The monoisotopic (exact) mass is 228 g/mol. The van der Waals surface area contributed by atoms with Crippen LogP contribution < -0.4 is 5.32 Å². The molecule has 1 aliphatic heterocycles. The molecule has 7 nitrogen and oxygen atoms in total. The summed E-state index contributed by atoms with van der Waals surface area (Å²) in [6, 6.07) is -0.487. The molecule has 1 aliphatic rings. The molecule has 1 atom stereocenters. The number of hydrogen-bond acceptors (Lipinski definition) is 5. The summed E-state index contributed by atoms with van der Waals surface area (Å²) in [4.78, 5) is 11.4. The van der Waals surface area contributed by atoms with Crippen LogP contribution in [0.15, 0.2) is 17.7 Å². The SMILES string of the molecule is O=C(NC1C=CS(=O)(=O)C1)c1cn[nH]n1. The molecule has 0 fully saturated rings. The predicted octanol–water partition coefficient (Wildman–Crippen LogP) is -1.15. The smallest absolute Gasteiger partial charge is 0.273 e. The number of nitrogens with zero attached hydrogens (tertiary/aromatic N) is 2. The number of amides is 1. The van der Waals surface area contributed by atoms with E-state index in [9.17, 15) is 13.2 Å². The fourth-order valence-electron chi connectivity index (χ4n) is 1.22. The molecule has 8 heteroatoms. The van der Waals surface area contributed by atoms with Gasteiger partial charge in [0.05, 0.1) is 18.0 Å². The van der Waals surface area contributed by atoms with Crippen molar-refractivity contribution in [2.45, 2.75) is 6.04 Å². The first kappa shape index (κ1) is 9.84. The average molecular weight is 228 g/mol. The summed E-state index contributed by atoms with van der Waals surface area (Å²) < 4.78 is 22.1. The van der Waals surface area contributed by atoms with Crippen molar-refractivity contribution in [3.63, 3.8) is 0 Å². The maximum absolute atomic E-state index is 11.4. The summed E-state index contributed by atoms with van der Waals surface area (Å²) in [6.45, 7) is 0. The molecular weight excluding hydrogens is 220 g/mol. The third-order valence-corrected chi connectivity index (χ3v) is 3.29. The molecular formula is C7H8N4O3S. The Bertz CT molecular complexity index is 490. The highest BCUT2D eigenvalue weighted by molar-refractivity contribution is 7.94. The maximum atomic E-state index is 11.4. The van der Waals surface area contributed by atoms with E-state index in [1.54, 1.807) is 0 Å². The molecule has 0 bridgehead atoms. The van der Waals surface area contributed by atoms with Gasteiger partial charge in [-0.1, -0.05) is 0 Å². The molecule has 2 rings (SSSR count). The van der Waals surface area contributed by atoms with Crippen molar-refractivity contribution >= 4 is 15.7 Å². The summed E-state index contributed by atoms with van der Waals surface area (Å²) >= 11 is 0. The van der Waals surface area contributed by atoms with Gasteiger partial charge in [0.25, 0.3) is 5.91 Å². The highest BCUT2D eigenvalue weighted by atomic mass is 32.2. The number of aromatic nitrogens is 3. The fraction of sp³-hybridized carbons (Fsp3) is 0.286. The lowest BCUT2D eigenvalue weighted by Gasteiger charge is -2.07. The van der Waals surface area contributed by atoms with Gasteiger partial charge >= 0.3 is 0 Å². The third-order valence-electron chi connectivity index (χ3n) is 1.89. The zero-order chi connectivity index (χ0) is 10.9. The molecule has 0 saturated heterocycles. The number of sulfone groups is 1. The first-order chi connectivity index (χ1) is 7.07. The zero-order valence-corrected chi connectivity index (χ0v) is 8.36. The molecule has 0 aromatic carbocycles. The summed E-state index contributed by atoms with van der Waals surface area (Å²) in [5, 5.41) is 12.9. The van der Waals surface area contributed by atoms with E-state index in [1.165, 1.54) is 12.3 Å². The minimum atomic E-state index is -3.15. The predicted molar refractivity (Wildman–Crippen MR) is 50.6 cm³/mol. The van der Waals surface area contributed by atoms with Gasteiger partial charge in [-0.15, -0.1) is 0 Å². The molecule has 1 unspecified atom stereocenters. The highest BCUT2D eigenvalue weighted by Crippen LogP contribution is 2.08. The Balaban J connectivity index is 2.01. The maximum Gasteiger partial charge on any atom is 0.273 e. The Morgan fingerprint density at radius 3 is 2.93 bits per heavy atom. The van der Waals surface area contributed by atoms with Gasteiger partial charge in [0.15, 0.2) is 15.5 Å². The number of aromatic amines is 1. The van der Waals surface area contributed by atoms with Crippen LogP contribution in [0, 0.1) is 0 Å². The van der Waals surface area contributed by atoms with Crippen LogP contribution in [0.1, 0.15) is 10.5 Å². The van der Waals surface area contributed by atoms with Crippen molar-refractivity contribution in [2.24, 2.45) is 0 Å². The molecule has 1 aromatic heterocycles. The topological polar surface area (TPSA) is 105 Å². The first-order valence-electron chi connectivity index (χ1n) is 4.14. The number of carbonyl (C=O) groups excluding carboxylic acids is 1. The summed E-state index contributed by atoms with van der Waals surface area (Å²) in [5.41, 5.74) is 0.132. The lowest BCUT2D eigenvalue weighted by atomic mass is 10.3. The first-order valence-corrected chi connectivity index (χ1v) is 5.86. The van der Waals surface area contributed by atoms with E-state index in [-0.39, 0.29) is 11.4 Å². The van der Waals surface area contributed by atoms with E-state index in [0.29, 0.717) is 0 Å². The molecule has 0 saturated carbocycles. The van der Waals surface area contributed by atoms with E-state index in [2.05, 4.69) is 20.7 Å². The lowest BCUT2D eigenvalue weighted by Crippen LogP contribution is -2.35. The molecule has 1 aromatic rings. The summed E-state index contributed by atoms with van der Waals surface area (Å²) in [6.07, 6.45) is 2.70. The molecule has 0 aliphatic carbocycles. The van der Waals surface area contributed by atoms with Gasteiger partial charge in [-0.2, -0.15) is 15.4 Å². The van der Waals surface area contributed by atoms with Crippen LogP contribution in [0.25, 0.3) is 0 Å². The molecule has 2 N–H and O–H groups in total. The van der Waals surface area contributed by atoms with Crippen LogP contribution in [0.2, 0.25) is 0 Å². The molecule has 0 spiro atoms. The number of rotatable bonds is 2. The number of hydrogen-bond donors (Lipinski definition) is 2. The van der Waals surface area contributed by atoms with Crippen LogP contribution >= 0.6 is 0 Å². The van der Waals surface area contributed by atoms with Crippen LogP contribution in [-0.2, 0) is 9.84 Å². The third kappa shape index (κ3) is 2.21. The minimum absolute atomic E-state index is 0.101. The van der Waals surface area contributed by atoms with Crippen molar-refractivity contribution in [3.05, 3.63) is 23.4 Å². The van der Waals surface area contributed by atoms with Gasteiger partial charge in [-0.25, -0.2) is 8.42 Å². The van der Waals surface area contributed by atoms with Crippen molar-refractivity contribution in [1.29, 1.82) is 0 Å². The average Bonchev–Trinajstić information content (AvgIpc) is 2.74. The largest absolute Gasteiger partial charge is 0.343 e. The Morgan fingerprint density at radius 1 is 1.60 bits per heavy atom. The van der Waals surface area contributed by atoms with Crippen LogP contribution in [0.5, 0.6) is 0 Å². The van der Waals surface area contributed by atoms with Crippen molar-refractivity contribution in [1.82, 2.24) is 20.7 Å². The van der Waals surface area contributed by atoms with Gasteiger partial charge in [0, 0.05) is 5.41 Å². The fourth-order valence-corrected chi connectivity index (χ4v) is 2.45. The number of nitrogens with one attached hydrogen (secondary N) is 2. The second kappa shape index (κ2) is 3.46. The molecule has 2 heterocycles. The van der Waals surface area contributed by atoms with Crippen molar-refractivity contribution in [2.75, 3.05) is 5.75 Å². The Hall–Kier alpha value is -1.70. The van der Waals surface area contributed by atoms with E-state index in [4.69, 9.17) is 0 Å². The van der Waals surface area contributed by atoms with E-state index in [1.807, 2.05) is 0 Å². The Morgan fingerprint density at radius 2 is 2.40 bits per heavy atom. The zero-order valence-electron chi connectivity index (χ0n) is 7.54. The van der Waals surface area contributed by atoms with E-state index >= 15 is 0 Å². The van der Waals surface area contributed by atoms with Crippen LogP contribution in [-0.4, -0.2) is 41.5 Å². The quantitative estimate of drug-likeness (QED) is 0.664. The highest BCUT2D eigenvalue weighted by Gasteiger charge is 2.23. The van der Waals surface area contributed by atoms with Gasteiger partial charge in [-0.05, 0) is 6.08 Å². The van der Waals surface area contributed by atoms with Crippen molar-refractivity contribution < 1.29 is 13.2 Å². The van der Waals surface area contributed by atoms with E-state index < -0.39 is 21.8 Å². The Kier molecular flexibility index (Phi) is 2.27. The summed E-state index contributed by atoms with van der Waals surface area (Å²) in [5.74, 6) is -0.549.